The van der Waals surface area contributed by atoms with Crippen molar-refractivity contribution in [2.75, 3.05) is 25.6 Å². The first-order valence-electron chi connectivity index (χ1n) is 9.78. The fourth-order valence-corrected chi connectivity index (χ4v) is 3.74. The van der Waals surface area contributed by atoms with E-state index in [9.17, 15) is 4.79 Å². The summed E-state index contributed by atoms with van der Waals surface area (Å²) in [6.45, 7) is 2.99. The Morgan fingerprint density at radius 3 is 2.68 bits per heavy atom. The highest BCUT2D eigenvalue weighted by Crippen LogP contribution is 2.31. The van der Waals surface area contributed by atoms with Gasteiger partial charge in [-0.2, -0.15) is 0 Å². The Bertz CT molecular complexity index is 1130. The first-order chi connectivity index (χ1) is 15.1. The molecule has 31 heavy (non-hydrogen) atoms. The van der Waals surface area contributed by atoms with Crippen LogP contribution in [0.5, 0.6) is 17.2 Å². The van der Waals surface area contributed by atoms with Crippen molar-refractivity contribution in [2.45, 2.75) is 6.92 Å². The maximum atomic E-state index is 12.3. The van der Waals surface area contributed by atoms with Crippen molar-refractivity contribution in [3.8, 4) is 28.5 Å². The summed E-state index contributed by atoms with van der Waals surface area (Å²) in [7, 11) is 1.63. The molecule has 3 aromatic rings. The summed E-state index contributed by atoms with van der Waals surface area (Å²) in [6, 6.07) is 13.4. The fraction of sp³-hybridized carbons (Fsp3) is 0.167. The standard InChI is InChI=1S/C24H22N2O4S/c1-16(3-4-17-5-10-21-22(14-17)30-12-11-29-21)13-23(27)26-24-25-20(15-31-24)18-6-8-19(28-2)9-7-18/h3-10,13-15H,11-12H2,1-2H3,(H,25,26,27)/b4-3+,16-13+. The Morgan fingerprint density at radius 1 is 1.13 bits per heavy atom. The van der Waals surface area contributed by atoms with Crippen LogP contribution in [-0.2, 0) is 4.79 Å². The molecule has 0 unspecified atom stereocenters. The van der Waals surface area contributed by atoms with Crippen molar-refractivity contribution in [1.29, 1.82) is 0 Å². The molecule has 6 nitrogen and oxygen atoms in total. The second-order valence-corrected chi connectivity index (χ2v) is 7.74. The number of allylic oxidation sites excluding steroid dienone is 2. The monoisotopic (exact) mass is 434 g/mol. The van der Waals surface area contributed by atoms with E-state index < -0.39 is 0 Å². The number of anilines is 1. The summed E-state index contributed by atoms with van der Waals surface area (Å²) in [6.07, 6.45) is 5.36. The number of carbonyl (C=O) groups is 1. The van der Waals surface area contributed by atoms with Crippen LogP contribution in [0.1, 0.15) is 12.5 Å². The van der Waals surface area contributed by atoms with Gasteiger partial charge in [0.15, 0.2) is 16.6 Å². The third-order valence-corrected chi connectivity index (χ3v) is 5.34. The highest BCUT2D eigenvalue weighted by Gasteiger charge is 2.11. The smallest absolute Gasteiger partial charge is 0.250 e. The lowest BCUT2D eigenvalue weighted by molar-refractivity contribution is -0.111. The molecular formula is C24H22N2O4S. The van der Waals surface area contributed by atoms with Crippen LogP contribution in [0.2, 0.25) is 0 Å². The number of thiazole rings is 1. The zero-order valence-corrected chi connectivity index (χ0v) is 18.1. The molecule has 2 heterocycles. The second kappa shape index (κ2) is 9.49. The number of benzene rings is 2. The van der Waals surface area contributed by atoms with Crippen molar-refractivity contribution in [2.24, 2.45) is 0 Å². The Hall–Kier alpha value is -3.58. The summed E-state index contributed by atoms with van der Waals surface area (Å²) >= 11 is 1.39. The Kier molecular flexibility index (Phi) is 6.33. The summed E-state index contributed by atoms with van der Waals surface area (Å²) < 4.78 is 16.3. The Morgan fingerprint density at radius 2 is 1.90 bits per heavy atom. The lowest BCUT2D eigenvalue weighted by atomic mass is 10.1. The van der Waals surface area contributed by atoms with Crippen molar-refractivity contribution in [1.82, 2.24) is 4.98 Å². The van der Waals surface area contributed by atoms with Gasteiger partial charge in [-0.3, -0.25) is 10.1 Å². The molecule has 0 bridgehead atoms. The molecule has 0 atom stereocenters. The van der Waals surface area contributed by atoms with E-state index >= 15 is 0 Å². The molecule has 1 aliphatic rings. The molecule has 1 aliphatic heterocycles. The molecule has 0 saturated heterocycles. The lowest BCUT2D eigenvalue weighted by Gasteiger charge is -2.18. The van der Waals surface area contributed by atoms with Gasteiger partial charge in [0, 0.05) is 17.0 Å². The van der Waals surface area contributed by atoms with E-state index in [0.717, 1.165) is 39.6 Å². The fourth-order valence-electron chi connectivity index (χ4n) is 3.01. The van der Waals surface area contributed by atoms with Crippen LogP contribution < -0.4 is 19.5 Å². The Labute approximate surface area is 184 Å². The average Bonchev–Trinajstić information content (AvgIpc) is 3.25. The van der Waals surface area contributed by atoms with Crippen LogP contribution in [0.4, 0.5) is 5.13 Å². The van der Waals surface area contributed by atoms with Crippen molar-refractivity contribution in [3.05, 3.63) is 71.1 Å². The number of hydrogen-bond acceptors (Lipinski definition) is 6. The predicted octanol–water partition coefficient (Wildman–Crippen LogP) is 5.19. The van der Waals surface area contributed by atoms with Crippen LogP contribution in [-0.4, -0.2) is 31.2 Å². The van der Waals surface area contributed by atoms with Crippen molar-refractivity contribution in [3.63, 3.8) is 0 Å². The van der Waals surface area contributed by atoms with Gasteiger partial charge in [-0.05, 0) is 54.5 Å². The summed E-state index contributed by atoms with van der Waals surface area (Å²) in [4.78, 5) is 16.8. The number of nitrogens with one attached hydrogen (secondary N) is 1. The Balaban J connectivity index is 1.37. The SMILES string of the molecule is COc1ccc(-c2csc(NC(=O)/C=C(C)/C=C/c3ccc4c(c3)OCCO4)n2)cc1. The van der Waals surface area contributed by atoms with E-state index in [1.165, 1.54) is 11.3 Å². The van der Waals surface area contributed by atoms with E-state index in [2.05, 4.69) is 10.3 Å². The molecule has 7 heteroatoms. The number of methoxy groups -OCH3 is 1. The van der Waals surface area contributed by atoms with Crippen LogP contribution in [0, 0.1) is 0 Å². The van der Waals surface area contributed by atoms with Gasteiger partial charge in [0.1, 0.15) is 19.0 Å². The van der Waals surface area contributed by atoms with Gasteiger partial charge < -0.3 is 14.2 Å². The van der Waals surface area contributed by atoms with E-state index in [4.69, 9.17) is 14.2 Å². The van der Waals surface area contributed by atoms with Gasteiger partial charge in [-0.25, -0.2) is 4.98 Å². The van der Waals surface area contributed by atoms with Crippen molar-refractivity contribution < 1.29 is 19.0 Å². The quantitative estimate of drug-likeness (QED) is 0.427. The molecule has 0 saturated carbocycles. The number of carbonyl (C=O) groups excluding carboxylic acids is 1. The molecule has 0 aliphatic carbocycles. The largest absolute Gasteiger partial charge is 0.497 e. The normalized spacial score (nSPS) is 13.3. The third-order valence-electron chi connectivity index (χ3n) is 4.58. The molecule has 158 valence electrons. The van der Waals surface area contributed by atoms with Crippen molar-refractivity contribution >= 4 is 28.5 Å². The third kappa shape index (κ3) is 5.32. The van der Waals surface area contributed by atoms with Gasteiger partial charge in [0.25, 0.3) is 0 Å². The molecule has 4 rings (SSSR count). The molecule has 1 amide bonds. The summed E-state index contributed by atoms with van der Waals surface area (Å²) in [5.41, 5.74) is 3.56. The summed E-state index contributed by atoms with van der Waals surface area (Å²) in [5, 5.41) is 5.29. The van der Waals surface area contributed by atoms with Gasteiger partial charge >= 0.3 is 0 Å². The van der Waals surface area contributed by atoms with Gasteiger partial charge in [0.2, 0.25) is 5.91 Å². The molecule has 2 aromatic carbocycles. The van der Waals surface area contributed by atoms with E-state index in [0.29, 0.717) is 18.3 Å². The number of hydrogen-bond donors (Lipinski definition) is 1. The average molecular weight is 435 g/mol. The van der Waals surface area contributed by atoms with Gasteiger partial charge in [-0.15, -0.1) is 11.3 Å². The highest BCUT2D eigenvalue weighted by molar-refractivity contribution is 7.14. The minimum atomic E-state index is -0.222. The van der Waals surface area contributed by atoms with Gasteiger partial charge in [-0.1, -0.05) is 18.2 Å². The molecule has 1 aromatic heterocycles. The minimum absolute atomic E-state index is 0.222. The first kappa shape index (κ1) is 20.7. The van der Waals surface area contributed by atoms with Crippen LogP contribution in [0.25, 0.3) is 17.3 Å². The molecular weight excluding hydrogens is 412 g/mol. The second-order valence-electron chi connectivity index (χ2n) is 6.88. The lowest BCUT2D eigenvalue weighted by Crippen LogP contribution is -2.15. The molecule has 0 radical (unpaired) electrons. The highest BCUT2D eigenvalue weighted by atomic mass is 32.1. The number of ether oxygens (including phenoxy) is 3. The number of aromatic nitrogens is 1. The van der Waals surface area contributed by atoms with E-state index in [-0.39, 0.29) is 5.91 Å². The number of nitrogens with zero attached hydrogens (tertiary/aromatic N) is 1. The topological polar surface area (TPSA) is 69.7 Å². The van der Waals surface area contributed by atoms with Gasteiger partial charge in [0.05, 0.1) is 12.8 Å². The first-order valence-corrected chi connectivity index (χ1v) is 10.7. The van der Waals surface area contributed by atoms with E-state index in [1.807, 2.05) is 66.9 Å². The zero-order valence-electron chi connectivity index (χ0n) is 17.3. The van der Waals surface area contributed by atoms with Crippen LogP contribution >= 0.6 is 11.3 Å². The number of fused-ring (bicyclic) bond motifs is 1. The minimum Gasteiger partial charge on any atom is -0.497 e. The molecule has 0 fully saturated rings. The molecule has 0 spiro atoms. The van der Waals surface area contributed by atoms with Crippen LogP contribution in [0.15, 0.2) is 65.6 Å². The number of rotatable bonds is 6. The maximum Gasteiger partial charge on any atom is 0.250 e. The van der Waals surface area contributed by atoms with E-state index in [1.54, 1.807) is 13.2 Å². The predicted molar refractivity (Wildman–Crippen MR) is 123 cm³/mol. The number of amides is 1. The molecule has 1 N–H and O–H groups in total. The maximum absolute atomic E-state index is 12.3. The van der Waals surface area contributed by atoms with Crippen LogP contribution in [0.3, 0.4) is 0 Å². The summed E-state index contributed by atoms with van der Waals surface area (Å²) in [5.74, 6) is 2.06. The zero-order chi connectivity index (χ0) is 21.6.